The van der Waals surface area contributed by atoms with Gasteiger partial charge in [0.1, 0.15) is 17.1 Å². The molecule has 0 saturated carbocycles. The summed E-state index contributed by atoms with van der Waals surface area (Å²) in [6.07, 6.45) is 0.752. The van der Waals surface area contributed by atoms with Crippen LogP contribution in [0.4, 0.5) is 0 Å². The molecule has 1 fully saturated rings. The molecule has 0 aromatic heterocycles. The van der Waals surface area contributed by atoms with E-state index < -0.39 is 5.60 Å². The van der Waals surface area contributed by atoms with E-state index in [2.05, 4.69) is 6.92 Å². The van der Waals surface area contributed by atoms with Crippen molar-refractivity contribution < 1.29 is 14.6 Å². The average Bonchev–Trinajstić information content (AvgIpc) is 2.70. The van der Waals surface area contributed by atoms with Gasteiger partial charge in [-0.05, 0) is 30.4 Å². The standard InChI is InChI=1S/C13H18O3S/c1-9-13(14,6-7-17-9)11-8-10(15-2)4-5-12(11)16-3/h4-5,8-9,14H,6-7H2,1-3H3. The van der Waals surface area contributed by atoms with E-state index in [1.807, 2.05) is 18.2 Å². The Hall–Kier alpha value is -0.870. The number of hydrogen-bond donors (Lipinski definition) is 1. The zero-order chi connectivity index (χ0) is 12.5. The third-order valence-electron chi connectivity index (χ3n) is 3.40. The predicted octanol–water partition coefficient (Wildman–Crippen LogP) is 2.42. The normalized spacial score (nSPS) is 28.1. The smallest absolute Gasteiger partial charge is 0.125 e. The van der Waals surface area contributed by atoms with Crippen molar-refractivity contribution in [2.75, 3.05) is 20.0 Å². The van der Waals surface area contributed by atoms with E-state index in [0.717, 1.165) is 29.2 Å². The van der Waals surface area contributed by atoms with Gasteiger partial charge in [-0.2, -0.15) is 11.8 Å². The van der Waals surface area contributed by atoms with Gasteiger partial charge < -0.3 is 14.6 Å². The van der Waals surface area contributed by atoms with Gasteiger partial charge in [-0.15, -0.1) is 0 Å². The maximum Gasteiger partial charge on any atom is 0.125 e. The highest BCUT2D eigenvalue weighted by Gasteiger charge is 2.42. The van der Waals surface area contributed by atoms with Gasteiger partial charge in [-0.3, -0.25) is 0 Å². The van der Waals surface area contributed by atoms with Crippen LogP contribution >= 0.6 is 11.8 Å². The molecular formula is C13H18O3S. The molecule has 2 rings (SSSR count). The van der Waals surface area contributed by atoms with Gasteiger partial charge in [-0.1, -0.05) is 6.92 Å². The van der Waals surface area contributed by atoms with Gasteiger partial charge in [0, 0.05) is 10.8 Å². The molecule has 2 atom stereocenters. The summed E-state index contributed by atoms with van der Waals surface area (Å²) in [5.74, 6) is 2.44. The van der Waals surface area contributed by atoms with E-state index in [4.69, 9.17) is 9.47 Å². The number of methoxy groups -OCH3 is 2. The number of aliphatic hydroxyl groups is 1. The number of thioether (sulfide) groups is 1. The van der Waals surface area contributed by atoms with E-state index in [-0.39, 0.29) is 5.25 Å². The zero-order valence-corrected chi connectivity index (χ0v) is 11.2. The molecule has 0 radical (unpaired) electrons. The molecule has 1 aliphatic heterocycles. The van der Waals surface area contributed by atoms with E-state index in [1.54, 1.807) is 26.0 Å². The van der Waals surface area contributed by atoms with Crippen molar-refractivity contribution in [2.45, 2.75) is 24.2 Å². The van der Waals surface area contributed by atoms with Crippen LogP contribution in [0.5, 0.6) is 11.5 Å². The number of rotatable bonds is 3. The first-order chi connectivity index (χ1) is 8.11. The van der Waals surface area contributed by atoms with Gasteiger partial charge >= 0.3 is 0 Å². The molecule has 1 aromatic rings. The van der Waals surface area contributed by atoms with Crippen LogP contribution in [0.3, 0.4) is 0 Å². The van der Waals surface area contributed by atoms with Crippen molar-refractivity contribution in [3.63, 3.8) is 0 Å². The summed E-state index contributed by atoms with van der Waals surface area (Å²) >= 11 is 1.79. The Morgan fingerprint density at radius 1 is 1.35 bits per heavy atom. The highest BCUT2D eigenvalue weighted by molar-refractivity contribution is 8.00. The second kappa shape index (κ2) is 4.78. The fraction of sp³-hybridized carbons (Fsp3) is 0.538. The largest absolute Gasteiger partial charge is 0.497 e. The van der Waals surface area contributed by atoms with E-state index >= 15 is 0 Å². The molecule has 0 bridgehead atoms. The lowest BCUT2D eigenvalue weighted by Gasteiger charge is -2.29. The minimum absolute atomic E-state index is 0.170. The highest BCUT2D eigenvalue weighted by atomic mass is 32.2. The van der Waals surface area contributed by atoms with Gasteiger partial charge in [0.2, 0.25) is 0 Å². The van der Waals surface area contributed by atoms with Crippen molar-refractivity contribution in [1.82, 2.24) is 0 Å². The third kappa shape index (κ3) is 2.11. The molecule has 4 heteroatoms. The van der Waals surface area contributed by atoms with Crippen LogP contribution < -0.4 is 9.47 Å². The Kier molecular flexibility index (Phi) is 3.54. The molecular weight excluding hydrogens is 236 g/mol. The van der Waals surface area contributed by atoms with Crippen LogP contribution in [0.25, 0.3) is 0 Å². The summed E-state index contributed by atoms with van der Waals surface area (Å²) in [5, 5.41) is 11.0. The highest BCUT2D eigenvalue weighted by Crippen LogP contribution is 2.46. The Balaban J connectivity index is 2.48. The molecule has 0 aliphatic carbocycles. The van der Waals surface area contributed by atoms with E-state index in [1.165, 1.54) is 0 Å². The third-order valence-corrected chi connectivity index (χ3v) is 4.73. The molecule has 1 saturated heterocycles. The molecule has 2 unspecified atom stereocenters. The van der Waals surface area contributed by atoms with Crippen molar-refractivity contribution in [1.29, 1.82) is 0 Å². The number of benzene rings is 1. The lowest BCUT2D eigenvalue weighted by molar-refractivity contribution is 0.0400. The summed E-state index contributed by atoms with van der Waals surface area (Å²) in [4.78, 5) is 0. The van der Waals surface area contributed by atoms with Crippen LogP contribution in [-0.2, 0) is 5.60 Å². The first-order valence-electron chi connectivity index (χ1n) is 5.68. The molecule has 94 valence electrons. The Morgan fingerprint density at radius 3 is 2.65 bits per heavy atom. The number of hydrogen-bond acceptors (Lipinski definition) is 4. The Bertz CT molecular complexity index is 408. The minimum Gasteiger partial charge on any atom is -0.497 e. The van der Waals surface area contributed by atoms with Gasteiger partial charge in [0.05, 0.1) is 14.2 Å². The first-order valence-corrected chi connectivity index (χ1v) is 6.73. The Morgan fingerprint density at radius 2 is 2.12 bits per heavy atom. The molecule has 0 amide bonds. The maximum absolute atomic E-state index is 10.8. The molecule has 1 N–H and O–H groups in total. The fourth-order valence-electron chi connectivity index (χ4n) is 2.24. The topological polar surface area (TPSA) is 38.7 Å². The van der Waals surface area contributed by atoms with E-state index in [9.17, 15) is 5.11 Å². The van der Waals surface area contributed by atoms with Crippen LogP contribution in [0.15, 0.2) is 18.2 Å². The summed E-state index contributed by atoms with van der Waals surface area (Å²) in [7, 11) is 3.25. The van der Waals surface area contributed by atoms with Crippen molar-refractivity contribution in [3.05, 3.63) is 23.8 Å². The summed E-state index contributed by atoms with van der Waals surface area (Å²) in [5.41, 5.74) is 0.0155. The molecule has 1 aliphatic rings. The zero-order valence-electron chi connectivity index (χ0n) is 10.4. The van der Waals surface area contributed by atoms with Gasteiger partial charge in [0.15, 0.2) is 0 Å². The van der Waals surface area contributed by atoms with Crippen LogP contribution in [0.1, 0.15) is 18.9 Å². The van der Waals surface area contributed by atoms with Crippen LogP contribution in [0.2, 0.25) is 0 Å². The molecule has 1 heterocycles. The van der Waals surface area contributed by atoms with Crippen LogP contribution in [0, 0.1) is 0 Å². The van der Waals surface area contributed by atoms with E-state index in [0.29, 0.717) is 0 Å². The first kappa shape index (κ1) is 12.6. The average molecular weight is 254 g/mol. The summed E-state index contributed by atoms with van der Waals surface area (Å²) < 4.78 is 10.6. The fourth-order valence-corrected chi connectivity index (χ4v) is 3.54. The predicted molar refractivity (Wildman–Crippen MR) is 70.0 cm³/mol. The van der Waals surface area contributed by atoms with Crippen LogP contribution in [-0.4, -0.2) is 30.3 Å². The van der Waals surface area contributed by atoms with Crippen molar-refractivity contribution in [2.24, 2.45) is 0 Å². The van der Waals surface area contributed by atoms with Crippen molar-refractivity contribution in [3.8, 4) is 11.5 Å². The Labute approximate surface area is 106 Å². The maximum atomic E-state index is 10.8. The minimum atomic E-state index is -0.815. The lowest BCUT2D eigenvalue weighted by atomic mass is 9.87. The summed E-state index contributed by atoms with van der Waals surface area (Å²) in [6.45, 7) is 2.05. The monoisotopic (exact) mass is 254 g/mol. The lowest BCUT2D eigenvalue weighted by Crippen LogP contribution is -2.31. The van der Waals surface area contributed by atoms with Gasteiger partial charge in [0.25, 0.3) is 0 Å². The molecule has 0 spiro atoms. The van der Waals surface area contributed by atoms with Gasteiger partial charge in [-0.25, -0.2) is 0 Å². The second-order valence-electron chi connectivity index (χ2n) is 4.25. The molecule has 1 aromatic carbocycles. The summed E-state index contributed by atoms with van der Waals surface area (Å²) in [6, 6.07) is 5.57. The molecule has 17 heavy (non-hydrogen) atoms. The molecule has 3 nitrogen and oxygen atoms in total. The quantitative estimate of drug-likeness (QED) is 0.899. The van der Waals surface area contributed by atoms with Crippen molar-refractivity contribution >= 4 is 11.8 Å². The SMILES string of the molecule is COc1ccc(OC)c(C2(O)CCSC2C)c1. The number of ether oxygens (including phenoxy) is 2. The second-order valence-corrected chi connectivity index (χ2v) is 5.70.